The van der Waals surface area contributed by atoms with Crippen molar-refractivity contribution in [2.24, 2.45) is 5.10 Å². The number of anilines is 1. The molecule has 12 heteroatoms. The van der Waals surface area contributed by atoms with Gasteiger partial charge in [0.1, 0.15) is 18.9 Å². The quantitative estimate of drug-likeness (QED) is 0.143. The molecule has 4 aromatic rings. The third-order valence-corrected chi connectivity index (χ3v) is 8.26. The molecule has 0 saturated carbocycles. The molecule has 0 saturated heterocycles. The van der Waals surface area contributed by atoms with Gasteiger partial charge in [0.25, 0.3) is 15.9 Å². The zero-order chi connectivity index (χ0) is 32.2. The van der Waals surface area contributed by atoms with Crippen molar-refractivity contribution >= 4 is 27.8 Å². The zero-order valence-corrected chi connectivity index (χ0v) is 26.2. The number of carbonyl (C=O) groups excluding carboxylic acids is 1. The molecule has 11 nitrogen and oxygen atoms in total. The average Bonchev–Trinajstić information content (AvgIpc) is 3.07. The summed E-state index contributed by atoms with van der Waals surface area (Å²) in [5.74, 6) is 1.53. The van der Waals surface area contributed by atoms with Crippen LogP contribution in [0.4, 0.5) is 5.69 Å². The van der Waals surface area contributed by atoms with Crippen LogP contribution in [0.5, 0.6) is 28.7 Å². The number of benzene rings is 4. The van der Waals surface area contributed by atoms with E-state index in [0.717, 1.165) is 9.87 Å². The van der Waals surface area contributed by atoms with Gasteiger partial charge in [-0.3, -0.25) is 9.10 Å². The summed E-state index contributed by atoms with van der Waals surface area (Å²) < 4.78 is 56.0. The van der Waals surface area contributed by atoms with Gasteiger partial charge in [-0.15, -0.1) is 0 Å². The molecule has 0 aromatic heterocycles. The maximum absolute atomic E-state index is 13.8. The molecule has 0 aliphatic heterocycles. The number of methoxy groups -OCH3 is 3. The van der Waals surface area contributed by atoms with E-state index in [-0.39, 0.29) is 16.3 Å². The molecule has 0 spiro atoms. The smallest absolute Gasteiger partial charge is 0.264 e. The second-order valence-electron chi connectivity index (χ2n) is 9.43. The molecule has 0 aliphatic carbocycles. The lowest BCUT2D eigenvalue weighted by atomic mass is 10.2. The molecular formula is C33H35N3O8S. The van der Waals surface area contributed by atoms with Crippen molar-refractivity contribution in [3.63, 3.8) is 0 Å². The highest BCUT2D eigenvalue weighted by Gasteiger charge is 2.28. The molecule has 4 aromatic carbocycles. The van der Waals surface area contributed by atoms with E-state index in [0.29, 0.717) is 41.8 Å². The zero-order valence-electron chi connectivity index (χ0n) is 25.4. The van der Waals surface area contributed by atoms with E-state index in [2.05, 4.69) is 10.5 Å². The molecule has 0 bridgehead atoms. The number of nitrogens with one attached hydrogen (secondary N) is 1. The summed E-state index contributed by atoms with van der Waals surface area (Å²) in [6, 6.07) is 25.6. The second-order valence-corrected chi connectivity index (χ2v) is 11.3. The van der Waals surface area contributed by atoms with E-state index >= 15 is 0 Å². The van der Waals surface area contributed by atoms with Crippen LogP contribution in [0.15, 0.2) is 101 Å². The number of hydrogen-bond donors (Lipinski definition) is 1. The van der Waals surface area contributed by atoms with Gasteiger partial charge in [-0.2, -0.15) is 5.10 Å². The lowest BCUT2D eigenvalue weighted by molar-refractivity contribution is -0.119. The Kier molecular flexibility index (Phi) is 11.2. The molecule has 0 unspecified atom stereocenters. The summed E-state index contributed by atoms with van der Waals surface area (Å²) in [5.41, 5.74) is 4.30. The minimum Gasteiger partial charge on any atom is -0.494 e. The first kappa shape index (κ1) is 32.7. The summed E-state index contributed by atoms with van der Waals surface area (Å²) in [4.78, 5) is 12.9. The third-order valence-electron chi connectivity index (χ3n) is 6.49. The Bertz CT molecular complexity index is 1710. The highest BCUT2D eigenvalue weighted by Crippen LogP contribution is 2.33. The Morgan fingerprint density at radius 1 is 0.800 bits per heavy atom. The maximum atomic E-state index is 13.8. The van der Waals surface area contributed by atoms with Crippen LogP contribution < -0.4 is 33.4 Å². The predicted molar refractivity (Wildman–Crippen MR) is 171 cm³/mol. The Morgan fingerprint density at radius 3 is 2.13 bits per heavy atom. The van der Waals surface area contributed by atoms with Crippen molar-refractivity contribution in [3.8, 4) is 28.7 Å². The van der Waals surface area contributed by atoms with Gasteiger partial charge >= 0.3 is 0 Å². The number of amides is 1. The van der Waals surface area contributed by atoms with Crippen LogP contribution >= 0.6 is 0 Å². The van der Waals surface area contributed by atoms with Crippen LogP contribution in [0.3, 0.4) is 0 Å². The number of carbonyl (C=O) groups is 1. The van der Waals surface area contributed by atoms with E-state index in [9.17, 15) is 13.2 Å². The van der Waals surface area contributed by atoms with E-state index in [1.807, 2.05) is 37.3 Å². The fourth-order valence-electron chi connectivity index (χ4n) is 4.26. The SMILES string of the molecule is CCOc1ccc(N(CC(=O)N/N=C\c2ccc(OCc3ccccc3)c(OC)c2)S(=O)(=O)c2ccc(OC)c(OC)c2)cc1. The van der Waals surface area contributed by atoms with Crippen molar-refractivity contribution in [2.75, 3.05) is 38.8 Å². The molecular weight excluding hydrogens is 598 g/mol. The number of hydrogen-bond acceptors (Lipinski definition) is 9. The van der Waals surface area contributed by atoms with E-state index in [1.165, 1.54) is 45.7 Å². The van der Waals surface area contributed by atoms with E-state index in [4.69, 9.17) is 23.7 Å². The highest BCUT2D eigenvalue weighted by molar-refractivity contribution is 7.92. The van der Waals surface area contributed by atoms with Crippen LogP contribution in [0.2, 0.25) is 0 Å². The summed E-state index contributed by atoms with van der Waals surface area (Å²) in [5, 5.41) is 4.03. The fourth-order valence-corrected chi connectivity index (χ4v) is 5.70. The summed E-state index contributed by atoms with van der Waals surface area (Å²) >= 11 is 0. The van der Waals surface area contributed by atoms with Gasteiger partial charge in [0, 0.05) is 6.07 Å². The third kappa shape index (κ3) is 8.45. The largest absolute Gasteiger partial charge is 0.494 e. The lowest BCUT2D eigenvalue weighted by Gasteiger charge is -2.24. The van der Waals surface area contributed by atoms with Crippen molar-refractivity contribution in [1.82, 2.24) is 5.43 Å². The minimum absolute atomic E-state index is 0.0907. The summed E-state index contributed by atoms with van der Waals surface area (Å²) in [6.07, 6.45) is 1.42. The van der Waals surface area contributed by atoms with E-state index < -0.39 is 22.5 Å². The summed E-state index contributed by atoms with van der Waals surface area (Å²) in [6.45, 7) is 2.11. The lowest BCUT2D eigenvalue weighted by Crippen LogP contribution is -2.39. The molecule has 236 valence electrons. The Balaban J connectivity index is 1.51. The molecule has 0 fully saturated rings. The molecule has 0 heterocycles. The van der Waals surface area contributed by atoms with Crippen LogP contribution in [-0.4, -0.2) is 55.0 Å². The monoisotopic (exact) mass is 633 g/mol. The Hall–Kier alpha value is -5.23. The Labute approximate surface area is 263 Å². The average molecular weight is 634 g/mol. The van der Waals surface area contributed by atoms with Gasteiger partial charge in [0.2, 0.25) is 0 Å². The number of ether oxygens (including phenoxy) is 5. The molecule has 0 atom stereocenters. The van der Waals surface area contributed by atoms with Gasteiger partial charge in [0.15, 0.2) is 23.0 Å². The Morgan fingerprint density at radius 2 is 1.47 bits per heavy atom. The van der Waals surface area contributed by atoms with Crippen LogP contribution in [0.25, 0.3) is 0 Å². The second kappa shape index (κ2) is 15.5. The van der Waals surface area contributed by atoms with Crippen molar-refractivity contribution < 1.29 is 36.9 Å². The van der Waals surface area contributed by atoms with Gasteiger partial charge in [-0.1, -0.05) is 30.3 Å². The number of nitrogens with zero attached hydrogens (tertiary/aromatic N) is 2. The fraction of sp³-hybridized carbons (Fsp3) is 0.212. The van der Waals surface area contributed by atoms with Crippen molar-refractivity contribution in [2.45, 2.75) is 18.4 Å². The topological polar surface area (TPSA) is 125 Å². The molecule has 0 aliphatic rings. The van der Waals surface area contributed by atoms with Crippen LogP contribution in [0, 0.1) is 0 Å². The van der Waals surface area contributed by atoms with Crippen molar-refractivity contribution in [3.05, 3.63) is 102 Å². The first-order valence-electron chi connectivity index (χ1n) is 13.9. The molecule has 1 amide bonds. The van der Waals surface area contributed by atoms with E-state index in [1.54, 1.807) is 42.5 Å². The number of sulfonamides is 1. The van der Waals surface area contributed by atoms with Crippen LogP contribution in [0.1, 0.15) is 18.1 Å². The van der Waals surface area contributed by atoms with Gasteiger partial charge in [-0.25, -0.2) is 13.8 Å². The first-order chi connectivity index (χ1) is 21.8. The number of rotatable bonds is 15. The van der Waals surface area contributed by atoms with Gasteiger partial charge in [-0.05, 0) is 72.6 Å². The molecule has 45 heavy (non-hydrogen) atoms. The summed E-state index contributed by atoms with van der Waals surface area (Å²) in [7, 11) is 0.154. The van der Waals surface area contributed by atoms with Crippen LogP contribution in [-0.2, 0) is 21.4 Å². The minimum atomic E-state index is -4.23. The normalized spacial score (nSPS) is 11.1. The van der Waals surface area contributed by atoms with Gasteiger partial charge in [0.05, 0.1) is 44.7 Å². The van der Waals surface area contributed by atoms with Crippen molar-refractivity contribution in [1.29, 1.82) is 0 Å². The van der Waals surface area contributed by atoms with Gasteiger partial charge < -0.3 is 23.7 Å². The predicted octanol–water partition coefficient (Wildman–Crippen LogP) is 5.04. The first-order valence-corrected chi connectivity index (χ1v) is 15.4. The number of hydrazone groups is 1. The highest BCUT2D eigenvalue weighted by atomic mass is 32.2. The molecule has 4 rings (SSSR count). The molecule has 1 N–H and O–H groups in total. The standard InChI is InChI=1S/C33H35N3O8S/c1-5-43-27-14-12-26(13-15-27)36(45(38,39)28-16-18-29(40-2)32(20-28)42-4)22-33(37)35-34-21-25-11-17-30(31(19-25)41-3)44-23-24-9-7-6-8-10-24/h6-21H,5,22-23H2,1-4H3,(H,35,37)/b34-21-. The maximum Gasteiger partial charge on any atom is 0.264 e. The molecule has 0 radical (unpaired) electrons.